The first-order valence-electron chi connectivity index (χ1n) is 9.85. The van der Waals surface area contributed by atoms with E-state index in [2.05, 4.69) is 15.9 Å². The van der Waals surface area contributed by atoms with Crippen molar-refractivity contribution in [3.05, 3.63) is 93.1 Å². The molecule has 0 aliphatic rings. The zero-order valence-corrected chi connectivity index (χ0v) is 21.1. The third-order valence-electron chi connectivity index (χ3n) is 5.10. The van der Waals surface area contributed by atoms with Crippen LogP contribution >= 0.6 is 27.5 Å². The molecule has 0 saturated carbocycles. The second-order valence-electron chi connectivity index (χ2n) is 7.24. The quantitative estimate of drug-likeness (QED) is 0.278. The highest BCUT2D eigenvalue weighted by atomic mass is 79.9. The number of carbonyl (C=O) groups excluding carboxylic acids is 2. The molecule has 4 aromatic rings. The molecule has 0 aliphatic heterocycles. The van der Waals surface area contributed by atoms with Crippen LogP contribution in [0.15, 0.2) is 80.5 Å². The van der Waals surface area contributed by atoms with Gasteiger partial charge in [0.05, 0.1) is 17.7 Å². The first kappa shape index (κ1) is 24.0. The monoisotopic (exact) mass is 561 g/mol. The van der Waals surface area contributed by atoms with E-state index in [9.17, 15) is 18.0 Å². The number of carbonyl (C=O) groups is 2. The maximum Gasteiger partial charge on any atom is 0.342 e. The number of hydrogen-bond acceptors (Lipinski definition) is 6. The van der Waals surface area contributed by atoms with Gasteiger partial charge in [-0.2, -0.15) is 4.31 Å². The Hall–Kier alpha value is -3.14. The zero-order chi connectivity index (χ0) is 24.6. The van der Waals surface area contributed by atoms with Gasteiger partial charge in [-0.25, -0.2) is 13.2 Å². The van der Waals surface area contributed by atoms with E-state index in [1.807, 2.05) is 0 Å². The maximum absolute atomic E-state index is 13.7. The lowest BCUT2D eigenvalue weighted by Crippen LogP contribution is -2.37. The summed E-state index contributed by atoms with van der Waals surface area (Å²) in [5, 5.41) is 0.721. The molecule has 0 N–H and O–H groups in total. The number of methoxy groups -OCH3 is 1. The molecule has 4 rings (SSSR count). The molecular weight excluding hydrogens is 546 g/mol. The fourth-order valence-electron chi connectivity index (χ4n) is 3.48. The number of anilines is 1. The van der Waals surface area contributed by atoms with Crippen molar-refractivity contribution in [1.82, 2.24) is 0 Å². The molecule has 34 heavy (non-hydrogen) atoms. The van der Waals surface area contributed by atoms with Crippen LogP contribution in [0.4, 0.5) is 5.69 Å². The van der Waals surface area contributed by atoms with Gasteiger partial charge in [-0.05, 0) is 73.7 Å². The van der Waals surface area contributed by atoms with Crippen LogP contribution in [-0.4, -0.2) is 27.4 Å². The first-order chi connectivity index (χ1) is 16.1. The van der Waals surface area contributed by atoms with E-state index in [-0.39, 0.29) is 21.7 Å². The predicted octanol–water partition coefficient (Wildman–Crippen LogP) is 5.98. The molecular formula is C24H17BrClNO6S. The van der Waals surface area contributed by atoms with Crippen molar-refractivity contribution in [1.29, 1.82) is 0 Å². The molecule has 0 unspecified atom stereocenters. The van der Waals surface area contributed by atoms with Crippen LogP contribution in [0, 0.1) is 6.92 Å². The van der Waals surface area contributed by atoms with Crippen molar-refractivity contribution in [2.75, 3.05) is 11.4 Å². The fraction of sp³-hybridized carbons (Fsp3) is 0.0833. The summed E-state index contributed by atoms with van der Waals surface area (Å²) in [6, 6.07) is 16.1. The lowest BCUT2D eigenvalue weighted by atomic mass is 10.1. The van der Waals surface area contributed by atoms with Crippen LogP contribution in [0.2, 0.25) is 5.02 Å². The number of amides is 1. The summed E-state index contributed by atoms with van der Waals surface area (Å²) in [5.41, 5.74) is 0.643. The van der Waals surface area contributed by atoms with Gasteiger partial charge in [0.25, 0.3) is 15.9 Å². The normalized spacial score (nSPS) is 11.4. The minimum atomic E-state index is -4.35. The average Bonchev–Trinajstić information content (AvgIpc) is 3.14. The lowest BCUT2D eigenvalue weighted by Gasteiger charge is -2.23. The van der Waals surface area contributed by atoms with Gasteiger partial charge in [-0.15, -0.1) is 0 Å². The summed E-state index contributed by atoms with van der Waals surface area (Å²) < 4.78 is 39.2. The van der Waals surface area contributed by atoms with Crippen molar-refractivity contribution in [2.24, 2.45) is 0 Å². The molecule has 0 radical (unpaired) electrons. The number of nitrogens with zero attached hydrogens (tertiary/aromatic N) is 1. The largest absolute Gasteiger partial charge is 0.465 e. The number of hydrogen-bond donors (Lipinski definition) is 0. The van der Waals surface area contributed by atoms with Crippen LogP contribution in [0.1, 0.15) is 26.5 Å². The van der Waals surface area contributed by atoms with E-state index in [0.717, 1.165) is 0 Å². The highest BCUT2D eigenvalue weighted by Gasteiger charge is 2.33. The van der Waals surface area contributed by atoms with Crippen LogP contribution in [-0.2, 0) is 14.8 Å². The fourth-order valence-corrected chi connectivity index (χ4v) is 5.27. The minimum Gasteiger partial charge on any atom is -0.465 e. The van der Waals surface area contributed by atoms with Gasteiger partial charge in [-0.1, -0.05) is 27.5 Å². The van der Waals surface area contributed by atoms with E-state index in [1.165, 1.54) is 61.7 Å². The molecule has 1 heterocycles. The average molecular weight is 563 g/mol. The van der Waals surface area contributed by atoms with Gasteiger partial charge in [0.15, 0.2) is 0 Å². The van der Waals surface area contributed by atoms with Crippen LogP contribution in [0.25, 0.3) is 11.0 Å². The Labute approximate surface area is 209 Å². The molecule has 7 nitrogen and oxygen atoms in total. The van der Waals surface area contributed by atoms with E-state index in [4.69, 9.17) is 20.8 Å². The topological polar surface area (TPSA) is 93.9 Å². The lowest BCUT2D eigenvalue weighted by molar-refractivity contribution is 0.0600. The highest BCUT2D eigenvalue weighted by molar-refractivity contribution is 9.10. The molecule has 10 heteroatoms. The van der Waals surface area contributed by atoms with E-state index in [1.54, 1.807) is 19.1 Å². The Morgan fingerprint density at radius 3 is 2.26 bits per heavy atom. The number of esters is 1. The molecule has 0 fully saturated rings. The van der Waals surface area contributed by atoms with Crippen molar-refractivity contribution in [3.8, 4) is 0 Å². The van der Waals surface area contributed by atoms with Gasteiger partial charge in [0, 0.05) is 20.4 Å². The standard InChI is InChI=1S/C24H17BrClNO6S/c1-14-22(24(29)32-2)20-13-18(9-12-21(20)33-14)27(23(28)15-3-7-17(26)8-4-15)34(30,31)19-10-5-16(25)6-11-19/h3-13H,1-2H3. The Morgan fingerprint density at radius 1 is 1.00 bits per heavy atom. The highest BCUT2D eigenvalue weighted by Crippen LogP contribution is 2.33. The molecule has 0 atom stereocenters. The first-order valence-corrected chi connectivity index (χ1v) is 12.5. The summed E-state index contributed by atoms with van der Waals surface area (Å²) in [6.07, 6.45) is 0. The smallest absolute Gasteiger partial charge is 0.342 e. The van der Waals surface area contributed by atoms with Gasteiger partial charge < -0.3 is 9.15 Å². The summed E-state index contributed by atoms with van der Waals surface area (Å²) >= 11 is 9.22. The van der Waals surface area contributed by atoms with Crippen LogP contribution < -0.4 is 4.31 Å². The third-order valence-corrected chi connectivity index (χ3v) is 7.60. The second-order valence-corrected chi connectivity index (χ2v) is 10.4. The number of benzene rings is 3. The predicted molar refractivity (Wildman–Crippen MR) is 132 cm³/mol. The minimum absolute atomic E-state index is 0.0290. The summed E-state index contributed by atoms with van der Waals surface area (Å²) in [4.78, 5) is 25.8. The Kier molecular flexibility index (Phi) is 6.53. The summed E-state index contributed by atoms with van der Waals surface area (Å²) in [5.74, 6) is -1.12. The van der Waals surface area contributed by atoms with Crippen molar-refractivity contribution in [2.45, 2.75) is 11.8 Å². The van der Waals surface area contributed by atoms with Crippen molar-refractivity contribution >= 4 is 66.1 Å². The number of fused-ring (bicyclic) bond motifs is 1. The van der Waals surface area contributed by atoms with E-state index in [0.29, 0.717) is 30.5 Å². The molecule has 1 amide bonds. The Balaban J connectivity index is 1.95. The van der Waals surface area contributed by atoms with E-state index < -0.39 is 21.9 Å². The number of aryl methyl sites for hydroxylation is 1. The molecule has 0 spiro atoms. The zero-order valence-electron chi connectivity index (χ0n) is 17.9. The summed E-state index contributed by atoms with van der Waals surface area (Å²) in [7, 11) is -3.11. The Morgan fingerprint density at radius 2 is 1.65 bits per heavy atom. The molecule has 0 saturated heterocycles. The SMILES string of the molecule is COC(=O)c1c(C)oc2ccc(N(C(=O)c3ccc(Cl)cc3)S(=O)(=O)c3ccc(Br)cc3)cc12. The van der Waals surface area contributed by atoms with Gasteiger partial charge >= 0.3 is 5.97 Å². The third kappa shape index (κ3) is 4.34. The van der Waals surface area contributed by atoms with Gasteiger partial charge in [-0.3, -0.25) is 4.79 Å². The maximum atomic E-state index is 13.7. The van der Waals surface area contributed by atoms with Crippen LogP contribution in [0.5, 0.6) is 0 Å². The van der Waals surface area contributed by atoms with E-state index >= 15 is 0 Å². The Bertz CT molecular complexity index is 1510. The molecule has 1 aromatic heterocycles. The van der Waals surface area contributed by atoms with Gasteiger partial charge in [0.1, 0.15) is 16.9 Å². The number of sulfonamides is 1. The van der Waals surface area contributed by atoms with Gasteiger partial charge in [0.2, 0.25) is 0 Å². The molecule has 0 bridgehead atoms. The number of rotatable bonds is 5. The van der Waals surface area contributed by atoms with Crippen LogP contribution in [0.3, 0.4) is 0 Å². The molecule has 0 aliphatic carbocycles. The second kappa shape index (κ2) is 9.25. The number of halogens is 2. The van der Waals surface area contributed by atoms with Crippen molar-refractivity contribution in [3.63, 3.8) is 0 Å². The van der Waals surface area contributed by atoms with Crippen molar-refractivity contribution < 1.29 is 27.2 Å². The number of furan rings is 1. The number of ether oxygens (including phenoxy) is 1. The molecule has 174 valence electrons. The summed E-state index contributed by atoms with van der Waals surface area (Å²) in [6.45, 7) is 1.60. The molecule has 3 aromatic carbocycles.